The number of anilines is 1. The Morgan fingerprint density at radius 3 is 2.38 bits per heavy atom. The third kappa shape index (κ3) is 5.35. The fourth-order valence-electron chi connectivity index (χ4n) is 2.08. The van der Waals surface area contributed by atoms with Crippen molar-refractivity contribution in [3.05, 3.63) is 35.6 Å². The van der Waals surface area contributed by atoms with Crippen LogP contribution in [-0.4, -0.2) is 46.3 Å². The maximum absolute atomic E-state index is 14.0. The molecule has 7 nitrogen and oxygen atoms in total. The van der Waals surface area contributed by atoms with E-state index in [0.29, 0.717) is 10.1 Å². The molecule has 0 aliphatic carbocycles. The lowest BCUT2D eigenvalue weighted by Crippen LogP contribution is -2.69. The third-order valence-corrected chi connectivity index (χ3v) is 5.24. The summed E-state index contributed by atoms with van der Waals surface area (Å²) in [5, 5.41) is 10.5. The van der Waals surface area contributed by atoms with Gasteiger partial charge in [0.05, 0.1) is 6.61 Å². The second kappa shape index (κ2) is 9.39. The maximum atomic E-state index is 14.0. The highest BCUT2D eigenvalue weighted by atomic mass is 32.2. The predicted octanol–water partition coefficient (Wildman–Crippen LogP) is 3.45. The molecular formula is C16H16F4N4O3S2. The standard InChI is InChI=1S/C16H16F4N4O3S2/c1-3-27-12(26)15(16(18,19)20,22-13-23-24-14(29-13)28-4-2)21-11(25)9-5-7-10(17)8-6-9/h5-8H,3-4H2,1-2H3,(H,21,25)(H,22,23). The Hall–Kier alpha value is -2.41. The van der Waals surface area contributed by atoms with E-state index in [1.165, 1.54) is 18.7 Å². The highest BCUT2D eigenvalue weighted by Crippen LogP contribution is 2.35. The first kappa shape index (κ1) is 22.9. The third-order valence-electron chi connectivity index (χ3n) is 3.38. The zero-order valence-corrected chi connectivity index (χ0v) is 16.8. The first-order chi connectivity index (χ1) is 13.6. The number of carbonyl (C=O) groups excluding carboxylic acids is 2. The van der Waals surface area contributed by atoms with E-state index in [1.54, 1.807) is 5.32 Å². The predicted molar refractivity (Wildman–Crippen MR) is 99.2 cm³/mol. The first-order valence-corrected chi connectivity index (χ1v) is 9.99. The number of benzene rings is 1. The van der Waals surface area contributed by atoms with E-state index in [0.717, 1.165) is 35.6 Å². The molecule has 29 heavy (non-hydrogen) atoms. The minimum atomic E-state index is -5.31. The Morgan fingerprint density at radius 2 is 1.83 bits per heavy atom. The molecule has 1 heterocycles. The van der Waals surface area contributed by atoms with Crippen LogP contribution >= 0.6 is 23.1 Å². The van der Waals surface area contributed by atoms with Crippen molar-refractivity contribution in [2.24, 2.45) is 0 Å². The van der Waals surface area contributed by atoms with Gasteiger partial charge in [0.1, 0.15) is 5.82 Å². The van der Waals surface area contributed by atoms with Gasteiger partial charge in [-0.15, -0.1) is 10.2 Å². The van der Waals surface area contributed by atoms with Gasteiger partial charge in [-0.1, -0.05) is 30.0 Å². The number of hydrogen-bond donors (Lipinski definition) is 2. The van der Waals surface area contributed by atoms with Crippen LogP contribution in [0.4, 0.5) is 22.7 Å². The second-order valence-electron chi connectivity index (χ2n) is 5.36. The molecule has 0 aliphatic rings. The van der Waals surface area contributed by atoms with E-state index in [2.05, 4.69) is 14.9 Å². The molecular weight excluding hydrogens is 436 g/mol. The van der Waals surface area contributed by atoms with E-state index in [4.69, 9.17) is 0 Å². The largest absolute Gasteiger partial charge is 0.463 e. The Balaban J connectivity index is 2.45. The molecule has 0 radical (unpaired) electrons. The number of nitrogens with one attached hydrogen (secondary N) is 2. The normalized spacial score (nSPS) is 13.4. The van der Waals surface area contributed by atoms with E-state index in [-0.39, 0.29) is 17.3 Å². The number of halogens is 4. The average molecular weight is 452 g/mol. The molecule has 2 aromatic rings. The topological polar surface area (TPSA) is 93.2 Å². The zero-order chi connectivity index (χ0) is 21.7. The van der Waals surface area contributed by atoms with Gasteiger partial charge < -0.3 is 15.4 Å². The van der Waals surface area contributed by atoms with Crippen molar-refractivity contribution in [3.63, 3.8) is 0 Å². The molecule has 1 aromatic heterocycles. The van der Waals surface area contributed by atoms with Gasteiger partial charge in [0.15, 0.2) is 4.34 Å². The van der Waals surface area contributed by atoms with E-state index >= 15 is 0 Å². The van der Waals surface area contributed by atoms with E-state index in [9.17, 15) is 27.2 Å². The molecule has 0 bridgehead atoms. The average Bonchev–Trinajstić information content (AvgIpc) is 3.08. The summed E-state index contributed by atoms with van der Waals surface area (Å²) < 4.78 is 60.1. The van der Waals surface area contributed by atoms with Gasteiger partial charge in [-0.05, 0) is 36.9 Å². The van der Waals surface area contributed by atoms with Gasteiger partial charge >= 0.3 is 17.8 Å². The van der Waals surface area contributed by atoms with Crippen molar-refractivity contribution in [3.8, 4) is 0 Å². The molecule has 1 aromatic carbocycles. The number of esters is 1. The molecule has 0 saturated carbocycles. The molecule has 1 unspecified atom stereocenters. The molecule has 2 N–H and O–H groups in total. The van der Waals surface area contributed by atoms with Crippen LogP contribution in [0.15, 0.2) is 28.6 Å². The van der Waals surface area contributed by atoms with Crippen LogP contribution in [0.25, 0.3) is 0 Å². The van der Waals surface area contributed by atoms with E-state index < -0.39 is 29.5 Å². The highest BCUT2D eigenvalue weighted by Gasteiger charge is 2.64. The van der Waals surface area contributed by atoms with Crippen molar-refractivity contribution < 1.29 is 31.9 Å². The van der Waals surface area contributed by atoms with Crippen LogP contribution in [-0.2, 0) is 9.53 Å². The number of carbonyl (C=O) groups is 2. The van der Waals surface area contributed by atoms with E-state index in [1.807, 2.05) is 12.2 Å². The summed E-state index contributed by atoms with van der Waals surface area (Å²) in [6, 6.07) is 3.78. The van der Waals surface area contributed by atoms with Gasteiger partial charge in [0.25, 0.3) is 5.91 Å². The van der Waals surface area contributed by atoms with Crippen LogP contribution in [0.2, 0.25) is 0 Å². The zero-order valence-electron chi connectivity index (χ0n) is 15.2. The molecule has 1 amide bonds. The summed E-state index contributed by atoms with van der Waals surface area (Å²) in [5.41, 5.74) is -3.91. The molecule has 1 atom stereocenters. The number of aromatic nitrogens is 2. The summed E-state index contributed by atoms with van der Waals surface area (Å²) >= 11 is 2.03. The maximum Gasteiger partial charge on any atom is 0.442 e. The van der Waals surface area contributed by atoms with Crippen LogP contribution in [0, 0.1) is 5.82 Å². The molecule has 158 valence electrons. The molecule has 2 rings (SSSR count). The molecule has 13 heteroatoms. The number of alkyl halides is 3. The quantitative estimate of drug-likeness (QED) is 0.274. The highest BCUT2D eigenvalue weighted by molar-refractivity contribution is 8.01. The summed E-state index contributed by atoms with van der Waals surface area (Å²) in [5.74, 6) is -3.11. The second-order valence-corrected chi connectivity index (χ2v) is 7.85. The molecule has 0 aliphatic heterocycles. The number of thioether (sulfide) groups is 1. The Morgan fingerprint density at radius 1 is 1.17 bits per heavy atom. The number of hydrogen-bond acceptors (Lipinski definition) is 8. The number of ether oxygens (including phenoxy) is 1. The summed E-state index contributed by atoms with van der Waals surface area (Å²) in [6.45, 7) is 2.78. The number of amides is 1. The lowest BCUT2D eigenvalue weighted by atomic mass is 10.1. The van der Waals surface area contributed by atoms with Crippen LogP contribution < -0.4 is 10.6 Å². The fraction of sp³-hybridized carbons (Fsp3) is 0.375. The number of nitrogens with zero attached hydrogens (tertiary/aromatic N) is 2. The SMILES string of the molecule is CCOC(=O)C(NC(=O)c1ccc(F)cc1)(Nc1nnc(SCC)s1)C(F)(F)F. The monoisotopic (exact) mass is 452 g/mol. The van der Waals surface area contributed by atoms with Crippen molar-refractivity contribution in [1.29, 1.82) is 0 Å². The lowest BCUT2D eigenvalue weighted by molar-refractivity contribution is -0.204. The van der Waals surface area contributed by atoms with Gasteiger partial charge in [-0.3, -0.25) is 4.79 Å². The Labute approximate surface area is 171 Å². The van der Waals surface area contributed by atoms with Gasteiger partial charge in [0, 0.05) is 5.56 Å². The van der Waals surface area contributed by atoms with Gasteiger partial charge in [-0.25, -0.2) is 9.18 Å². The summed E-state index contributed by atoms with van der Waals surface area (Å²) in [6.07, 6.45) is -5.31. The van der Waals surface area contributed by atoms with Crippen LogP contribution in [0.5, 0.6) is 0 Å². The molecule has 0 spiro atoms. The van der Waals surface area contributed by atoms with Crippen LogP contribution in [0.3, 0.4) is 0 Å². The van der Waals surface area contributed by atoms with Crippen molar-refractivity contribution in [1.82, 2.24) is 15.5 Å². The lowest BCUT2D eigenvalue weighted by Gasteiger charge is -2.34. The van der Waals surface area contributed by atoms with Gasteiger partial charge in [0.2, 0.25) is 5.13 Å². The smallest absolute Gasteiger partial charge is 0.442 e. The Kier molecular flexibility index (Phi) is 7.41. The Bertz CT molecular complexity index is 861. The van der Waals surface area contributed by atoms with Crippen molar-refractivity contribution in [2.75, 3.05) is 17.7 Å². The summed E-state index contributed by atoms with van der Waals surface area (Å²) in [7, 11) is 0. The van der Waals surface area contributed by atoms with Crippen molar-refractivity contribution >= 4 is 40.1 Å². The molecule has 0 fully saturated rings. The minimum absolute atomic E-state index is 0.286. The summed E-state index contributed by atoms with van der Waals surface area (Å²) in [4.78, 5) is 24.7. The molecule has 0 saturated heterocycles. The first-order valence-electron chi connectivity index (χ1n) is 8.19. The van der Waals surface area contributed by atoms with Crippen LogP contribution in [0.1, 0.15) is 24.2 Å². The minimum Gasteiger partial charge on any atom is -0.463 e. The van der Waals surface area contributed by atoms with Crippen molar-refractivity contribution in [2.45, 2.75) is 30.0 Å². The fourth-order valence-corrected chi connectivity index (χ4v) is 3.78. The van der Waals surface area contributed by atoms with Gasteiger partial charge in [-0.2, -0.15) is 13.2 Å². The number of rotatable bonds is 8.